The maximum Gasteiger partial charge on any atom is 0.306 e. The molecule has 0 spiro atoms. The van der Waals surface area contributed by atoms with Gasteiger partial charge in [-0.05, 0) is 43.9 Å². The molecular weight excluding hydrogens is 322 g/mol. The molecule has 1 aromatic carbocycles. The van der Waals surface area contributed by atoms with Crippen molar-refractivity contribution in [1.29, 1.82) is 0 Å². The third-order valence-corrected chi connectivity index (χ3v) is 4.28. The highest BCUT2D eigenvalue weighted by Crippen LogP contribution is 2.19. The summed E-state index contributed by atoms with van der Waals surface area (Å²) in [6, 6.07) is 6.12. The zero-order valence-electron chi connectivity index (χ0n) is 15.0. The second-order valence-corrected chi connectivity index (χ2v) is 6.50. The highest BCUT2D eigenvalue weighted by atomic mass is 16.5. The van der Waals surface area contributed by atoms with Crippen molar-refractivity contribution in [1.82, 2.24) is 4.90 Å². The summed E-state index contributed by atoms with van der Waals surface area (Å²) in [7, 11) is 0. The molecule has 1 saturated heterocycles. The van der Waals surface area contributed by atoms with Crippen molar-refractivity contribution < 1.29 is 24.2 Å². The maximum absolute atomic E-state index is 12.2. The van der Waals surface area contributed by atoms with Gasteiger partial charge >= 0.3 is 5.97 Å². The Morgan fingerprint density at radius 3 is 2.88 bits per heavy atom. The molecule has 25 heavy (non-hydrogen) atoms. The molecule has 6 nitrogen and oxygen atoms in total. The van der Waals surface area contributed by atoms with Gasteiger partial charge in [0.2, 0.25) is 5.91 Å². The number of hydrogen-bond acceptors (Lipinski definition) is 4. The Kier molecular flexibility index (Phi) is 7.25. The number of nitrogens with zero attached hydrogens (tertiary/aromatic N) is 1. The monoisotopic (exact) mass is 349 g/mol. The van der Waals surface area contributed by atoms with Crippen molar-refractivity contribution in [2.45, 2.75) is 45.6 Å². The molecule has 1 aliphatic rings. The van der Waals surface area contributed by atoms with Gasteiger partial charge in [-0.25, -0.2) is 0 Å². The van der Waals surface area contributed by atoms with E-state index in [1.807, 2.05) is 26.0 Å². The Labute approximate surface area is 148 Å². The van der Waals surface area contributed by atoms with Crippen LogP contribution in [0.3, 0.4) is 0 Å². The van der Waals surface area contributed by atoms with Gasteiger partial charge in [-0.3, -0.25) is 9.59 Å². The predicted molar refractivity (Wildman–Crippen MR) is 93.8 cm³/mol. The van der Waals surface area contributed by atoms with Crippen LogP contribution in [-0.2, 0) is 14.3 Å². The fourth-order valence-electron chi connectivity index (χ4n) is 2.85. The number of carbonyl (C=O) groups is 2. The summed E-state index contributed by atoms with van der Waals surface area (Å²) in [5, 5.41) is 8.82. The van der Waals surface area contributed by atoms with E-state index >= 15 is 0 Å². The van der Waals surface area contributed by atoms with E-state index in [4.69, 9.17) is 14.6 Å². The van der Waals surface area contributed by atoms with Gasteiger partial charge in [0.25, 0.3) is 0 Å². The number of aliphatic carboxylic acids is 1. The molecule has 1 heterocycles. The van der Waals surface area contributed by atoms with E-state index in [1.165, 1.54) is 5.56 Å². The molecule has 1 aromatic rings. The first-order chi connectivity index (χ1) is 12.0. The lowest BCUT2D eigenvalue weighted by Gasteiger charge is -2.32. The lowest BCUT2D eigenvalue weighted by Crippen LogP contribution is -2.46. The number of ether oxygens (including phenoxy) is 2. The number of hydrogen-bond donors (Lipinski definition) is 1. The largest absolute Gasteiger partial charge is 0.493 e. The molecule has 0 saturated carbocycles. The highest BCUT2D eigenvalue weighted by Gasteiger charge is 2.25. The fourth-order valence-corrected chi connectivity index (χ4v) is 2.85. The molecule has 0 bridgehead atoms. The Balaban J connectivity index is 1.66. The van der Waals surface area contributed by atoms with Crippen molar-refractivity contribution in [2.75, 3.05) is 26.3 Å². The van der Waals surface area contributed by atoms with Crippen molar-refractivity contribution in [3.8, 4) is 5.75 Å². The van der Waals surface area contributed by atoms with Gasteiger partial charge in [-0.1, -0.05) is 12.1 Å². The standard InChI is InChI=1S/C19H27NO5/c1-14-6-7-15(2)17(11-14)25-9-4-3-5-18(21)20-8-10-24-16(13-20)12-19(22)23/h6-7,11,16H,3-5,8-10,12-13H2,1-2H3,(H,22,23)/t16-/m0/s1. The van der Waals surface area contributed by atoms with Crippen LogP contribution in [0.5, 0.6) is 5.75 Å². The summed E-state index contributed by atoms with van der Waals surface area (Å²) < 4.78 is 11.2. The van der Waals surface area contributed by atoms with Gasteiger partial charge in [0.1, 0.15) is 5.75 Å². The highest BCUT2D eigenvalue weighted by molar-refractivity contribution is 5.76. The molecule has 0 aromatic heterocycles. The van der Waals surface area contributed by atoms with E-state index in [0.29, 0.717) is 32.7 Å². The van der Waals surface area contributed by atoms with Gasteiger partial charge in [-0.2, -0.15) is 0 Å². The number of carboxylic acid groups (broad SMARTS) is 1. The lowest BCUT2D eigenvalue weighted by atomic mass is 10.1. The molecule has 6 heteroatoms. The quantitative estimate of drug-likeness (QED) is 0.730. The van der Waals surface area contributed by atoms with Crippen molar-refractivity contribution in [3.63, 3.8) is 0 Å². The first-order valence-corrected chi connectivity index (χ1v) is 8.77. The van der Waals surface area contributed by atoms with Crippen molar-refractivity contribution >= 4 is 11.9 Å². The van der Waals surface area contributed by atoms with Crippen LogP contribution >= 0.6 is 0 Å². The first kappa shape index (κ1) is 19.2. The van der Waals surface area contributed by atoms with E-state index in [9.17, 15) is 9.59 Å². The Bertz CT molecular complexity index is 601. The smallest absolute Gasteiger partial charge is 0.306 e. The lowest BCUT2D eigenvalue weighted by molar-refractivity contribution is -0.147. The van der Waals surface area contributed by atoms with Crippen molar-refractivity contribution in [2.24, 2.45) is 0 Å². The molecular formula is C19H27NO5. The Morgan fingerprint density at radius 2 is 2.12 bits per heavy atom. The van der Waals surface area contributed by atoms with Crippen LogP contribution < -0.4 is 4.74 Å². The van der Waals surface area contributed by atoms with Crippen LogP contribution in [0.2, 0.25) is 0 Å². The number of benzene rings is 1. The normalized spacial score (nSPS) is 17.4. The van der Waals surface area contributed by atoms with Crippen LogP contribution in [0.25, 0.3) is 0 Å². The summed E-state index contributed by atoms with van der Waals surface area (Å²) in [4.78, 5) is 24.7. The van der Waals surface area contributed by atoms with Gasteiger partial charge in [0.15, 0.2) is 0 Å². The molecule has 1 fully saturated rings. The van der Waals surface area contributed by atoms with Crippen LogP contribution in [0.4, 0.5) is 0 Å². The number of morpholine rings is 1. The summed E-state index contributed by atoms with van der Waals surface area (Å²) in [6.45, 7) is 5.94. The molecule has 138 valence electrons. The van der Waals surface area contributed by atoms with Gasteiger partial charge in [-0.15, -0.1) is 0 Å². The predicted octanol–water partition coefficient (Wildman–Crippen LogP) is 2.55. The number of carbonyl (C=O) groups excluding carboxylic acids is 1. The Hall–Kier alpha value is -2.08. The minimum atomic E-state index is -0.900. The summed E-state index contributed by atoms with van der Waals surface area (Å²) in [5.41, 5.74) is 2.28. The summed E-state index contributed by atoms with van der Waals surface area (Å²) in [6.07, 6.45) is 1.55. The summed E-state index contributed by atoms with van der Waals surface area (Å²) >= 11 is 0. The van der Waals surface area contributed by atoms with Crippen LogP contribution in [0.15, 0.2) is 18.2 Å². The number of aryl methyl sites for hydroxylation is 2. The molecule has 0 aliphatic carbocycles. The van der Waals surface area contributed by atoms with Crippen LogP contribution in [0.1, 0.15) is 36.8 Å². The molecule has 1 N–H and O–H groups in total. The van der Waals surface area contributed by atoms with Crippen LogP contribution in [0, 0.1) is 13.8 Å². The summed E-state index contributed by atoms with van der Waals surface area (Å²) in [5.74, 6) is 0.0596. The second kappa shape index (κ2) is 9.42. The maximum atomic E-state index is 12.2. The molecule has 2 rings (SSSR count). The number of carboxylic acids is 1. The average Bonchev–Trinajstić information content (AvgIpc) is 2.57. The number of rotatable bonds is 8. The average molecular weight is 349 g/mol. The van der Waals surface area contributed by atoms with E-state index < -0.39 is 12.1 Å². The Morgan fingerprint density at radius 1 is 1.32 bits per heavy atom. The SMILES string of the molecule is Cc1ccc(C)c(OCCCCC(=O)N2CCO[C@@H](CC(=O)O)C2)c1. The third kappa shape index (κ3) is 6.38. The molecule has 1 amide bonds. The van der Waals surface area contributed by atoms with E-state index in [-0.39, 0.29) is 12.3 Å². The molecule has 0 unspecified atom stereocenters. The molecule has 1 aliphatic heterocycles. The minimum absolute atomic E-state index is 0.0606. The third-order valence-electron chi connectivity index (χ3n) is 4.28. The van der Waals surface area contributed by atoms with Crippen LogP contribution in [-0.4, -0.2) is 54.3 Å². The number of amides is 1. The fraction of sp³-hybridized carbons (Fsp3) is 0.579. The zero-order chi connectivity index (χ0) is 18.2. The zero-order valence-corrected chi connectivity index (χ0v) is 15.0. The van der Waals surface area contributed by atoms with Gasteiger partial charge in [0, 0.05) is 19.5 Å². The minimum Gasteiger partial charge on any atom is -0.493 e. The molecule has 0 radical (unpaired) electrons. The van der Waals surface area contributed by atoms with E-state index in [0.717, 1.165) is 24.2 Å². The van der Waals surface area contributed by atoms with Crippen molar-refractivity contribution in [3.05, 3.63) is 29.3 Å². The van der Waals surface area contributed by atoms with Gasteiger partial charge in [0.05, 0.1) is 25.7 Å². The van der Waals surface area contributed by atoms with Gasteiger partial charge < -0.3 is 19.5 Å². The van der Waals surface area contributed by atoms with E-state index in [1.54, 1.807) is 4.90 Å². The molecule has 1 atom stereocenters. The second-order valence-electron chi connectivity index (χ2n) is 6.50. The topological polar surface area (TPSA) is 76.1 Å². The van der Waals surface area contributed by atoms with E-state index in [2.05, 4.69) is 6.07 Å². The first-order valence-electron chi connectivity index (χ1n) is 8.77. The number of unbranched alkanes of at least 4 members (excludes halogenated alkanes) is 1.